The van der Waals surface area contributed by atoms with E-state index < -0.39 is 0 Å². The van der Waals surface area contributed by atoms with Crippen LogP contribution in [0.5, 0.6) is 0 Å². The van der Waals surface area contributed by atoms with Crippen molar-refractivity contribution in [2.45, 2.75) is 57.8 Å². The minimum atomic E-state index is 0. The first-order chi connectivity index (χ1) is 9.00. The maximum Gasteiger partial charge on any atom is -0.00489 e. The van der Waals surface area contributed by atoms with Gasteiger partial charge < -0.3 is 16.0 Å². The molecule has 0 atom stereocenters. The van der Waals surface area contributed by atoms with Crippen LogP contribution in [0, 0.1) is 0 Å². The molecular formula is C15H36F3N3. The summed E-state index contributed by atoms with van der Waals surface area (Å²) in [5.41, 5.74) is 0. The molecule has 21 heavy (non-hydrogen) atoms. The van der Waals surface area contributed by atoms with Gasteiger partial charge in [0, 0.05) is 0 Å². The van der Waals surface area contributed by atoms with Crippen molar-refractivity contribution in [1.29, 1.82) is 0 Å². The second kappa shape index (κ2) is 22.0. The zero-order chi connectivity index (χ0) is 12.7. The molecule has 0 aromatic heterocycles. The van der Waals surface area contributed by atoms with Crippen LogP contribution in [0.1, 0.15) is 57.8 Å². The Morgan fingerprint density at radius 2 is 0.476 bits per heavy atom. The van der Waals surface area contributed by atoms with Crippen LogP contribution in [-0.4, -0.2) is 39.3 Å². The van der Waals surface area contributed by atoms with Crippen molar-refractivity contribution in [2.75, 3.05) is 39.3 Å². The van der Waals surface area contributed by atoms with Gasteiger partial charge in [0.15, 0.2) is 0 Å². The van der Waals surface area contributed by atoms with Crippen LogP contribution < -0.4 is 16.0 Å². The third-order valence-corrected chi connectivity index (χ3v) is 3.62. The molecule has 0 radical (unpaired) electrons. The lowest BCUT2D eigenvalue weighted by Crippen LogP contribution is -2.21. The monoisotopic (exact) mass is 315 g/mol. The van der Waals surface area contributed by atoms with Gasteiger partial charge in [-0.2, -0.15) is 0 Å². The first-order valence-corrected chi connectivity index (χ1v) is 8.12. The number of nitrogens with one attached hydrogen (secondary N) is 3. The van der Waals surface area contributed by atoms with Crippen LogP contribution in [0.15, 0.2) is 0 Å². The van der Waals surface area contributed by atoms with Gasteiger partial charge in [-0.05, 0) is 77.8 Å². The number of rotatable bonds is 0. The summed E-state index contributed by atoms with van der Waals surface area (Å²) < 4.78 is 0. The van der Waals surface area contributed by atoms with Crippen LogP contribution in [0.3, 0.4) is 0 Å². The second-order valence-electron chi connectivity index (χ2n) is 5.43. The second-order valence-corrected chi connectivity index (χ2v) is 5.43. The van der Waals surface area contributed by atoms with E-state index in [0.29, 0.717) is 0 Å². The molecule has 0 aliphatic carbocycles. The molecule has 3 aliphatic rings. The van der Waals surface area contributed by atoms with Crippen molar-refractivity contribution < 1.29 is 14.1 Å². The minimum Gasteiger partial charge on any atom is -0.317 e. The third-order valence-electron chi connectivity index (χ3n) is 3.62. The summed E-state index contributed by atoms with van der Waals surface area (Å²) in [5.74, 6) is 0. The Balaban J connectivity index is -0.000000216. The summed E-state index contributed by atoms with van der Waals surface area (Å²) in [6.45, 7) is 7.50. The van der Waals surface area contributed by atoms with Gasteiger partial charge in [-0.25, -0.2) is 0 Å². The van der Waals surface area contributed by atoms with Crippen LogP contribution in [-0.2, 0) is 0 Å². The van der Waals surface area contributed by atoms with E-state index in [1.807, 2.05) is 0 Å². The average Bonchev–Trinajstić information content (AvgIpc) is 2.54. The summed E-state index contributed by atoms with van der Waals surface area (Å²) in [6.07, 6.45) is 12.6. The normalized spacial score (nSPS) is 20.6. The van der Waals surface area contributed by atoms with E-state index in [9.17, 15) is 0 Å². The molecule has 3 N–H and O–H groups in total. The number of hydrogen-bond acceptors (Lipinski definition) is 3. The quantitative estimate of drug-likeness (QED) is 0.643. The fraction of sp³-hybridized carbons (Fsp3) is 1.00. The number of piperidine rings is 3. The van der Waals surface area contributed by atoms with Crippen molar-refractivity contribution in [3.8, 4) is 0 Å². The molecule has 3 aliphatic heterocycles. The Labute approximate surface area is 128 Å². The van der Waals surface area contributed by atoms with E-state index in [1.54, 1.807) is 0 Å². The third kappa shape index (κ3) is 19.7. The molecule has 3 nitrogen and oxygen atoms in total. The molecule has 0 bridgehead atoms. The molecular weight excluding hydrogens is 279 g/mol. The first kappa shape index (κ1) is 25.6. The van der Waals surface area contributed by atoms with Crippen LogP contribution >= 0.6 is 0 Å². The molecule has 0 spiro atoms. The van der Waals surface area contributed by atoms with Gasteiger partial charge in [0.05, 0.1) is 0 Å². The predicted octanol–water partition coefficient (Wildman–Crippen LogP) is 2.74. The molecule has 3 rings (SSSR count). The zero-order valence-corrected chi connectivity index (χ0v) is 13.3. The van der Waals surface area contributed by atoms with Crippen LogP contribution in [0.25, 0.3) is 0 Å². The van der Waals surface area contributed by atoms with Gasteiger partial charge in [-0.3, -0.25) is 14.1 Å². The van der Waals surface area contributed by atoms with Gasteiger partial charge in [0.25, 0.3) is 0 Å². The highest BCUT2D eigenvalue weighted by molar-refractivity contribution is 4.56. The van der Waals surface area contributed by atoms with Crippen molar-refractivity contribution in [1.82, 2.24) is 16.0 Å². The summed E-state index contributed by atoms with van der Waals surface area (Å²) in [5, 5.41) is 9.85. The molecule has 0 saturated carbocycles. The summed E-state index contributed by atoms with van der Waals surface area (Å²) >= 11 is 0. The maximum atomic E-state index is 3.28. The molecule has 3 saturated heterocycles. The Bertz CT molecular complexity index is 99.2. The van der Waals surface area contributed by atoms with Crippen molar-refractivity contribution in [3.63, 3.8) is 0 Å². The predicted molar refractivity (Wildman–Crippen MR) is 87.7 cm³/mol. The van der Waals surface area contributed by atoms with Gasteiger partial charge >= 0.3 is 0 Å². The summed E-state index contributed by atoms with van der Waals surface area (Å²) in [7, 11) is 0. The van der Waals surface area contributed by atoms with E-state index in [1.165, 1.54) is 97.1 Å². The number of hydrogen-bond donors (Lipinski definition) is 3. The standard InChI is InChI=1S/3C5H11N.3FH/c3*1-2-4-6-5-3-1;;;/h3*6H,1-5H2;3*1H. The highest BCUT2D eigenvalue weighted by atomic mass is 19.0. The van der Waals surface area contributed by atoms with Gasteiger partial charge in [-0.1, -0.05) is 19.3 Å². The van der Waals surface area contributed by atoms with Crippen molar-refractivity contribution >= 4 is 0 Å². The Hall–Kier alpha value is -0.330. The molecule has 6 heteroatoms. The Morgan fingerprint density at radius 3 is 0.524 bits per heavy atom. The van der Waals surface area contributed by atoms with E-state index in [2.05, 4.69) is 16.0 Å². The molecule has 3 heterocycles. The van der Waals surface area contributed by atoms with Crippen molar-refractivity contribution in [3.05, 3.63) is 0 Å². The van der Waals surface area contributed by atoms with E-state index >= 15 is 0 Å². The highest BCUT2D eigenvalue weighted by Crippen LogP contribution is 1.97. The van der Waals surface area contributed by atoms with E-state index in [0.717, 1.165) is 0 Å². The van der Waals surface area contributed by atoms with E-state index in [-0.39, 0.29) is 14.1 Å². The topological polar surface area (TPSA) is 36.1 Å². The van der Waals surface area contributed by atoms with Crippen LogP contribution in [0.4, 0.5) is 14.1 Å². The lowest BCUT2D eigenvalue weighted by molar-refractivity contribution is 0.520. The summed E-state index contributed by atoms with van der Waals surface area (Å²) in [6, 6.07) is 0. The minimum absolute atomic E-state index is 0. The molecule has 0 unspecified atom stereocenters. The fourth-order valence-electron chi connectivity index (χ4n) is 2.41. The molecule has 0 amide bonds. The first-order valence-electron chi connectivity index (χ1n) is 8.12. The molecule has 132 valence electrons. The Kier molecular flexibility index (Phi) is 26.8. The smallest absolute Gasteiger partial charge is 0.00489 e. The largest absolute Gasteiger partial charge is 0.317 e. The van der Waals surface area contributed by atoms with Crippen LogP contribution in [0.2, 0.25) is 0 Å². The average molecular weight is 315 g/mol. The van der Waals surface area contributed by atoms with Crippen molar-refractivity contribution in [2.24, 2.45) is 0 Å². The van der Waals surface area contributed by atoms with E-state index in [4.69, 9.17) is 0 Å². The SMILES string of the molecule is C1CCNCC1.C1CCNCC1.C1CCNCC1.F.F.F. The lowest BCUT2D eigenvalue weighted by Gasteiger charge is -2.08. The number of halogens is 3. The van der Waals surface area contributed by atoms with Gasteiger partial charge in [0.1, 0.15) is 0 Å². The molecule has 0 aromatic rings. The lowest BCUT2D eigenvalue weighted by atomic mass is 10.2. The Morgan fingerprint density at radius 1 is 0.286 bits per heavy atom. The van der Waals surface area contributed by atoms with Gasteiger partial charge in [-0.15, -0.1) is 0 Å². The zero-order valence-electron chi connectivity index (χ0n) is 13.3. The molecule has 3 fully saturated rings. The molecule has 0 aromatic carbocycles. The summed E-state index contributed by atoms with van der Waals surface area (Å²) in [4.78, 5) is 0. The van der Waals surface area contributed by atoms with Gasteiger partial charge in [0.2, 0.25) is 0 Å². The highest BCUT2D eigenvalue weighted by Gasteiger charge is 1.94. The maximum absolute atomic E-state index is 3.28. The fourth-order valence-corrected chi connectivity index (χ4v) is 2.41.